The number of nitrogens with one attached hydrogen (secondary N) is 1. The molecule has 0 saturated heterocycles. The lowest BCUT2D eigenvalue weighted by atomic mass is 10.2. The maximum atomic E-state index is 12.0. The van der Waals surface area contributed by atoms with Crippen LogP contribution in [0, 0.1) is 0 Å². The number of nitrogens with zero attached hydrogens (tertiary/aromatic N) is 2. The number of anilines is 1. The summed E-state index contributed by atoms with van der Waals surface area (Å²) >= 11 is 5.90. The lowest BCUT2D eigenvalue weighted by molar-refractivity contribution is 0.0948. The van der Waals surface area contributed by atoms with Gasteiger partial charge in [-0.1, -0.05) is 11.6 Å². The largest absolute Gasteiger partial charge is 0.467 e. The van der Waals surface area contributed by atoms with Crippen LogP contribution in [-0.2, 0) is 6.54 Å². The molecule has 0 spiro atoms. The minimum absolute atomic E-state index is 0.219. The zero-order chi connectivity index (χ0) is 13.8. The fourth-order valence-corrected chi connectivity index (χ4v) is 1.73. The van der Waals surface area contributed by atoms with Crippen LogP contribution in [0.25, 0.3) is 0 Å². The number of rotatable bonds is 4. The molecule has 6 heteroatoms. The van der Waals surface area contributed by atoms with E-state index in [0.717, 1.165) is 0 Å². The summed E-state index contributed by atoms with van der Waals surface area (Å²) in [5.41, 5.74) is 0.468. The third kappa shape index (κ3) is 3.48. The molecule has 2 aromatic heterocycles. The van der Waals surface area contributed by atoms with Crippen LogP contribution in [0.2, 0.25) is 5.15 Å². The van der Waals surface area contributed by atoms with Crippen molar-refractivity contribution in [1.82, 2.24) is 10.3 Å². The maximum absolute atomic E-state index is 12.0. The van der Waals surface area contributed by atoms with E-state index in [1.807, 2.05) is 14.1 Å². The minimum atomic E-state index is -0.219. The average Bonchev–Trinajstić information content (AvgIpc) is 2.88. The molecule has 100 valence electrons. The molecule has 0 aliphatic heterocycles. The van der Waals surface area contributed by atoms with Gasteiger partial charge >= 0.3 is 0 Å². The summed E-state index contributed by atoms with van der Waals surface area (Å²) in [7, 11) is 3.67. The molecule has 2 aromatic rings. The molecule has 0 radical (unpaired) electrons. The van der Waals surface area contributed by atoms with Crippen molar-refractivity contribution in [3.8, 4) is 0 Å². The number of aromatic nitrogens is 1. The second-order valence-corrected chi connectivity index (χ2v) is 4.58. The Labute approximate surface area is 116 Å². The fraction of sp³-hybridized carbons (Fsp3) is 0.231. The molecule has 0 unspecified atom stereocenters. The smallest absolute Gasteiger partial charge is 0.251 e. The van der Waals surface area contributed by atoms with Gasteiger partial charge in [0.25, 0.3) is 5.91 Å². The van der Waals surface area contributed by atoms with Gasteiger partial charge < -0.3 is 14.6 Å². The Balaban J connectivity index is 2.10. The van der Waals surface area contributed by atoms with Crippen molar-refractivity contribution < 1.29 is 9.21 Å². The van der Waals surface area contributed by atoms with Gasteiger partial charge in [-0.2, -0.15) is 0 Å². The molecule has 0 atom stereocenters. The zero-order valence-corrected chi connectivity index (χ0v) is 11.4. The Morgan fingerprint density at radius 2 is 2.26 bits per heavy atom. The first-order valence-corrected chi connectivity index (χ1v) is 6.09. The molecule has 19 heavy (non-hydrogen) atoms. The topological polar surface area (TPSA) is 58.4 Å². The summed E-state index contributed by atoms with van der Waals surface area (Å²) in [4.78, 5) is 17.9. The molecular weight excluding hydrogens is 266 g/mol. The van der Waals surface area contributed by atoms with Gasteiger partial charge in [0, 0.05) is 19.7 Å². The van der Waals surface area contributed by atoms with E-state index in [4.69, 9.17) is 16.0 Å². The van der Waals surface area contributed by atoms with Crippen LogP contribution in [0.3, 0.4) is 0 Å². The van der Waals surface area contributed by atoms with Crippen molar-refractivity contribution in [3.63, 3.8) is 0 Å². The monoisotopic (exact) mass is 279 g/mol. The predicted molar refractivity (Wildman–Crippen MR) is 73.5 cm³/mol. The number of amides is 1. The van der Waals surface area contributed by atoms with Crippen molar-refractivity contribution >= 4 is 23.3 Å². The Morgan fingerprint density at radius 1 is 1.47 bits per heavy atom. The first-order chi connectivity index (χ1) is 9.06. The summed E-state index contributed by atoms with van der Waals surface area (Å²) in [5, 5.41) is 3.04. The third-order valence-electron chi connectivity index (χ3n) is 2.50. The van der Waals surface area contributed by atoms with Crippen LogP contribution in [0.5, 0.6) is 0 Å². The maximum Gasteiger partial charge on any atom is 0.251 e. The van der Waals surface area contributed by atoms with E-state index in [1.54, 1.807) is 29.4 Å². The highest BCUT2D eigenvalue weighted by Crippen LogP contribution is 2.16. The van der Waals surface area contributed by atoms with Crippen molar-refractivity contribution in [1.29, 1.82) is 0 Å². The van der Waals surface area contributed by atoms with Crippen molar-refractivity contribution in [2.75, 3.05) is 19.0 Å². The van der Waals surface area contributed by atoms with Crippen LogP contribution in [-0.4, -0.2) is 25.0 Å². The molecule has 1 N–H and O–H groups in total. The lowest BCUT2D eigenvalue weighted by Crippen LogP contribution is -2.23. The van der Waals surface area contributed by atoms with E-state index < -0.39 is 0 Å². The van der Waals surface area contributed by atoms with Crippen molar-refractivity contribution in [3.05, 3.63) is 47.0 Å². The standard InChI is InChI=1S/C13H14ClN3O2/c1-17(2)12-7-9(6-11(14)16-12)13(18)15-8-10-4-3-5-19-10/h3-7H,8H2,1-2H3,(H,15,18). The quantitative estimate of drug-likeness (QED) is 0.873. The summed E-state index contributed by atoms with van der Waals surface area (Å²) in [6, 6.07) is 6.79. The molecule has 0 aromatic carbocycles. The number of carbonyl (C=O) groups excluding carboxylic acids is 1. The Kier molecular flexibility index (Phi) is 4.06. The lowest BCUT2D eigenvalue weighted by Gasteiger charge is -2.13. The van der Waals surface area contributed by atoms with E-state index in [1.165, 1.54) is 6.07 Å². The molecule has 0 bridgehead atoms. The van der Waals surface area contributed by atoms with E-state index in [-0.39, 0.29) is 11.1 Å². The average molecular weight is 280 g/mol. The van der Waals surface area contributed by atoms with Crippen LogP contribution in [0.4, 0.5) is 5.82 Å². The molecule has 1 amide bonds. The first-order valence-electron chi connectivity index (χ1n) is 5.72. The fourth-order valence-electron chi connectivity index (χ4n) is 1.53. The van der Waals surface area contributed by atoms with Gasteiger partial charge in [-0.3, -0.25) is 4.79 Å². The van der Waals surface area contributed by atoms with Gasteiger partial charge in [-0.15, -0.1) is 0 Å². The van der Waals surface area contributed by atoms with Gasteiger partial charge in [0.05, 0.1) is 12.8 Å². The molecule has 0 aliphatic carbocycles. The highest BCUT2D eigenvalue weighted by atomic mass is 35.5. The molecule has 2 rings (SSSR count). The summed E-state index contributed by atoms with van der Waals surface area (Å²) < 4.78 is 5.14. The Morgan fingerprint density at radius 3 is 2.89 bits per heavy atom. The minimum Gasteiger partial charge on any atom is -0.467 e. The highest BCUT2D eigenvalue weighted by Gasteiger charge is 2.10. The van der Waals surface area contributed by atoms with Gasteiger partial charge in [0.1, 0.15) is 16.7 Å². The van der Waals surface area contributed by atoms with E-state index in [0.29, 0.717) is 23.7 Å². The molecular formula is C13H14ClN3O2. The SMILES string of the molecule is CN(C)c1cc(C(=O)NCc2ccco2)cc(Cl)n1. The zero-order valence-electron chi connectivity index (χ0n) is 10.7. The predicted octanol–water partition coefficient (Wildman–Crippen LogP) is 2.32. The summed E-state index contributed by atoms with van der Waals surface area (Å²) in [5.74, 6) is 1.11. The third-order valence-corrected chi connectivity index (χ3v) is 2.70. The van der Waals surface area contributed by atoms with Crippen LogP contribution >= 0.6 is 11.6 Å². The number of hydrogen-bond donors (Lipinski definition) is 1. The highest BCUT2D eigenvalue weighted by molar-refractivity contribution is 6.29. The Hall–Kier alpha value is -2.01. The number of pyridine rings is 1. The van der Waals surface area contributed by atoms with Crippen LogP contribution in [0.1, 0.15) is 16.1 Å². The molecule has 5 nitrogen and oxygen atoms in total. The number of hydrogen-bond acceptors (Lipinski definition) is 4. The van der Waals surface area contributed by atoms with Crippen molar-refractivity contribution in [2.45, 2.75) is 6.54 Å². The van der Waals surface area contributed by atoms with E-state index in [9.17, 15) is 4.79 Å². The first kappa shape index (κ1) is 13.4. The van der Waals surface area contributed by atoms with Crippen molar-refractivity contribution in [2.24, 2.45) is 0 Å². The van der Waals surface area contributed by atoms with Gasteiger partial charge in [0.2, 0.25) is 0 Å². The number of carbonyl (C=O) groups is 1. The normalized spacial score (nSPS) is 10.3. The molecule has 0 fully saturated rings. The number of halogens is 1. The molecule has 0 saturated carbocycles. The Bertz CT molecular complexity index is 567. The van der Waals surface area contributed by atoms with E-state index >= 15 is 0 Å². The second kappa shape index (κ2) is 5.75. The number of furan rings is 1. The second-order valence-electron chi connectivity index (χ2n) is 4.19. The van der Waals surface area contributed by atoms with Gasteiger partial charge in [-0.25, -0.2) is 4.98 Å². The van der Waals surface area contributed by atoms with Crippen LogP contribution < -0.4 is 10.2 Å². The summed E-state index contributed by atoms with van der Waals surface area (Å²) in [6.07, 6.45) is 1.56. The molecule has 2 heterocycles. The van der Waals surface area contributed by atoms with Gasteiger partial charge in [0.15, 0.2) is 0 Å². The van der Waals surface area contributed by atoms with E-state index in [2.05, 4.69) is 10.3 Å². The molecule has 0 aliphatic rings. The van der Waals surface area contributed by atoms with Crippen LogP contribution in [0.15, 0.2) is 34.9 Å². The van der Waals surface area contributed by atoms with Gasteiger partial charge in [-0.05, 0) is 24.3 Å². The summed E-state index contributed by atoms with van der Waals surface area (Å²) in [6.45, 7) is 0.336.